The molecule has 1 saturated carbocycles. The largest absolute Gasteiger partial charge is 0.363 e. The standard InChI is InChI=1S/C22H28FN5O2/c1-28(2)20-13-14-24-22(27-20)26-18-9-7-17(8-10-18)25-21(30)12-11-19(29)15-3-5-16(23)6-4-15/h3-6,13-14,17-18H,7-12H2,1-2H3,(H,25,30)(H,24,26,27)/t17-,18+. The number of hydrogen-bond donors (Lipinski definition) is 2. The van der Waals surface area contributed by atoms with Gasteiger partial charge in [-0.2, -0.15) is 4.98 Å². The SMILES string of the molecule is CN(C)c1ccnc(N[C@H]2CC[C@@H](NC(=O)CCC(=O)c3ccc(F)cc3)CC2)n1. The molecule has 0 bridgehead atoms. The van der Waals surface area contributed by atoms with Crippen LogP contribution in [0.1, 0.15) is 48.9 Å². The van der Waals surface area contributed by atoms with Crippen LogP contribution in [0.5, 0.6) is 0 Å². The van der Waals surface area contributed by atoms with E-state index in [1.807, 2.05) is 25.1 Å². The number of anilines is 2. The van der Waals surface area contributed by atoms with E-state index in [1.54, 1.807) is 6.20 Å². The number of amides is 1. The van der Waals surface area contributed by atoms with Gasteiger partial charge in [-0.1, -0.05) is 0 Å². The molecule has 3 rings (SSSR count). The lowest BCUT2D eigenvalue weighted by atomic mass is 9.91. The fraction of sp³-hybridized carbons (Fsp3) is 0.455. The van der Waals surface area contributed by atoms with E-state index in [4.69, 9.17) is 0 Å². The minimum absolute atomic E-state index is 0.116. The smallest absolute Gasteiger partial charge is 0.224 e. The zero-order valence-corrected chi connectivity index (χ0v) is 17.4. The molecule has 0 unspecified atom stereocenters. The first-order valence-electron chi connectivity index (χ1n) is 10.3. The van der Waals surface area contributed by atoms with Gasteiger partial charge < -0.3 is 15.5 Å². The number of carbonyl (C=O) groups excluding carboxylic acids is 2. The van der Waals surface area contributed by atoms with Gasteiger partial charge in [0, 0.05) is 50.8 Å². The van der Waals surface area contributed by atoms with Crippen molar-refractivity contribution in [3.05, 3.63) is 47.9 Å². The number of Topliss-reactive ketones (excluding diaryl/α,β-unsaturated/α-hetero) is 1. The Balaban J connectivity index is 1.39. The minimum atomic E-state index is -0.383. The van der Waals surface area contributed by atoms with Crippen LogP contribution in [0, 0.1) is 5.82 Å². The van der Waals surface area contributed by atoms with Gasteiger partial charge in [0.15, 0.2) is 5.78 Å². The molecule has 1 aromatic heterocycles. The maximum atomic E-state index is 12.9. The molecule has 0 radical (unpaired) electrons. The highest BCUT2D eigenvalue weighted by Gasteiger charge is 2.23. The van der Waals surface area contributed by atoms with Crippen molar-refractivity contribution in [1.29, 1.82) is 0 Å². The summed E-state index contributed by atoms with van der Waals surface area (Å²) in [5, 5.41) is 6.41. The second kappa shape index (κ2) is 10.1. The molecule has 0 atom stereocenters. The van der Waals surface area contributed by atoms with Crippen molar-refractivity contribution < 1.29 is 14.0 Å². The van der Waals surface area contributed by atoms with E-state index in [9.17, 15) is 14.0 Å². The Hall–Kier alpha value is -3.03. The minimum Gasteiger partial charge on any atom is -0.363 e. The third-order valence-corrected chi connectivity index (χ3v) is 5.27. The second-order valence-electron chi connectivity index (χ2n) is 7.82. The molecule has 1 amide bonds. The van der Waals surface area contributed by atoms with E-state index in [0.29, 0.717) is 11.5 Å². The average molecular weight is 413 g/mol. The third kappa shape index (κ3) is 6.23. The van der Waals surface area contributed by atoms with Gasteiger partial charge in [-0.05, 0) is 56.0 Å². The normalized spacial score (nSPS) is 18.5. The first-order valence-corrected chi connectivity index (χ1v) is 10.3. The molecule has 2 aromatic rings. The number of hydrogen-bond acceptors (Lipinski definition) is 6. The van der Waals surface area contributed by atoms with E-state index in [0.717, 1.165) is 31.5 Å². The topological polar surface area (TPSA) is 87.2 Å². The van der Waals surface area contributed by atoms with Gasteiger partial charge >= 0.3 is 0 Å². The van der Waals surface area contributed by atoms with Crippen LogP contribution >= 0.6 is 0 Å². The summed E-state index contributed by atoms with van der Waals surface area (Å²) in [5.74, 6) is 0.810. The summed E-state index contributed by atoms with van der Waals surface area (Å²) in [4.78, 5) is 35.0. The van der Waals surface area contributed by atoms with Gasteiger partial charge in [0.1, 0.15) is 11.6 Å². The van der Waals surface area contributed by atoms with Crippen molar-refractivity contribution in [2.75, 3.05) is 24.3 Å². The lowest BCUT2D eigenvalue weighted by Crippen LogP contribution is -2.40. The third-order valence-electron chi connectivity index (χ3n) is 5.27. The molecule has 160 valence electrons. The van der Waals surface area contributed by atoms with E-state index in [-0.39, 0.29) is 42.4 Å². The fourth-order valence-electron chi connectivity index (χ4n) is 3.54. The van der Waals surface area contributed by atoms with Crippen LogP contribution in [-0.4, -0.2) is 47.8 Å². The van der Waals surface area contributed by atoms with Crippen LogP contribution in [0.25, 0.3) is 0 Å². The van der Waals surface area contributed by atoms with Gasteiger partial charge in [0.2, 0.25) is 11.9 Å². The van der Waals surface area contributed by atoms with Crippen molar-refractivity contribution in [2.45, 2.75) is 50.6 Å². The van der Waals surface area contributed by atoms with Gasteiger partial charge in [-0.25, -0.2) is 9.37 Å². The number of benzene rings is 1. The number of ketones is 1. The molecule has 30 heavy (non-hydrogen) atoms. The summed E-state index contributed by atoms with van der Waals surface area (Å²) in [6, 6.07) is 7.65. The molecule has 2 N–H and O–H groups in total. The van der Waals surface area contributed by atoms with Crippen LogP contribution < -0.4 is 15.5 Å². The van der Waals surface area contributed by atoms with Gasteiger partial charge in [-0.3, -0.25) is 9.59 Å². The molecule has 7 nitrogen and oxygen atoms in total. The zero-order chi connectivity index (χ0) is 21.5. The molecule has 0 spiro atoms. The van der Waals surface area contributed by atoms with Gasteiger partial charge in [-0.15, -0.1) is 0 Å². The average Bonchev–Trinajstić information content (AvgIpc) is 2.74. The molecule has 1 aliphatic carbocycles. The van der Waals surface area contributed by atoms with E-state index in [2.05, 4.69) is 20.6 Å². The van der Waals surface area contributed by atoms with Crippen LogP contribution in [0.15, 0.2) is 36.5 Å². The number of nitrogens with one attached hydrogen (secondary N) is 2. The molecular weight excluding hydrogens is 385 g/mol. The predicted octanol–water partition coefficient (Wildman–Crippen LogP) is 3.18. The quantitative estimate of drug-likeness (QED) is 0.647. The highest BCUT2D eigenvalue weighted by molar-refractivity contribution is 5.97. The summed E-state index contributed by atoms with van der Waals surface area (Å²) < 4.78 is 12.9. The van der Waals surface area contributed by atoms with E-state index >= 15 is 0 Å². The van der Waals surface area contributed by atoms with Crippen LogP contribution in [0.4, 0.5) is 16.2 Å². The molecule has 1 heterocycles. The Morgan fingerprint density at radius 2 is 1.70 bits per heavy atom. The predicted molar refractivity (Wildman–Crippen MR) is 114 cm³/mol. The first-order chi connectivity index (χ1) is 14.4. The second-order valence-corrected chi connectivity index (χ2v) is 7.82. The number of nitrogens with zero attached hydrogens (tertiary/aromatic N) is 3. The monoisotopic (exact) mass is 413 g/mol. The highest BCUT2D eigenvalue weighted by atomic mass is 19.1. The number of halogens is 1. The lowest BCUT2D eigenvalue weighted by molar-refractivity contribution is -0.122. The zero-order valence-electron chi connectivity index (χ0n) is 17.4. The van der Waals surface area contributed by atoms with E-state index < -0.39 is 0 Å². The highest BCUT2D eigenvalue weighted by Crippen LogP contribution is 2.22. The van der Waals surface area contributed by atoms with Crippen LogP contribution in [0.2, 0.25) is 0 Å². The van der Waals surface area contributed by atoms with Crippen molar-refractivity contribution in [2.24, 2.45) is 0 Å². The van der Waals surface area contributed by atoms with Crippen LogP contribution in [-0.2, 0) is 4.79 Å². The van der Waals surface area contributed by atoms with Gasteiger partial charge in [0.05, 0.1) is 0 Å². The van der Waals surface area contributed by atoms with E-state index in [1.165, 1.54) is 24.3 Å². The molecule has 8 heteroatoms. The maximum absolute atomic E-state index is 12.9. The summed E-state index contributed by atoms with van der Waals surface area (Å²) >= 11 is 0. The molecule has 1 aromatic carbocycles. The molecule has 1 fully saturated rings. The Morgan fingerprint density at radius 1 is 1.03 bits per heavy atom. The van der Waals surface area contributed by atoms with Crippen molar-refractivity contribution >= 4 is 23.5 Å². The summed E-state index contributed by atoms with van der Waals surface area (Å²) in [6.07, 6.45) is 5.55. The molecular formula is C22H28FN5O2. The Kier molecular flexibility index (Phi) is 7.32. The van der Waals surface area contributed by atoms with Crippen molar-refractivity contribution in [3.8, 4) is 0 Å². The summed E-state index contributed by atoms with van der Waals surface area (Å²) in [5.41, 5.74) is 0.427. The Morgan fingerprint density at radius 3 is 2.37 bits per heavy atom. The van der Waals surface area contributed by atoms with Gasteiger partial charge in [0.25, 0.3) is 0 Å². The number of aromatic nitrogens is 2. The number of rotatable bonds is 8. The lowest BCUT2D eigenvalue weighted by Gasteiger charge is -2.29. The summed E-state index contributed by atoms with van der Waals surface area (Å²) in [6.45, 7) is 0. The Bertz CT molecular complexity index is 864. The Labute approximate surface area is 176 Å². The maximum Gasteiger partial charge on any atom is 0.224 e. The van der Waals surface area contributed by atoms with Crippen molar-refractivity contribution in [3.63, 3.8) is 0 Å². The number of carbonyl (C=O) groups is 2. The molecule has 0 saturated heterocycles. The fourth-order valence-corrected chi connectivity index (χ4v) is 3.54. The van der Waals surface area contributed by atoms with Crippen LogP contribution in [0.3, 0.4) is 0 Å². The van der Waals surface area contributed by atoms with Crippen molar-refractivity contribution in [1.82, 2.24) is 15.3 Å². The molecule has 0 aliphatic heterocycles. The molecule has 1 aliphatic rings. The first kappa shape index (κ1) is 21.7. The summed E-state index contributed by atoms with van der Waals surface area (Å²) in [7, 11) is 3.88.